The molecule has 1 heterocycles. The molecule has 2 rings (SSSR count). The van der Waals surface area contributed by atoms with E-state index in [4.69, 9.17) is 0 Å². The van der Waals surface area contributed by atoms with Crippen molar-refractivity contribution >= 4 is 21.4 Å². The predicted octanol–water partition coefficient (Wildman–Crippen LogP) is 2.82. The second-order valence-electron chi connectivity index (χ2n) is 5.99. The van der Waals surface area contributed by atoms with Crippen LogP contribution in [-0.4, -0.2) is 37.1 Å². The fourth-order valence-corrected chi connectivity index (χ4v) is 4.88. The molecule has 0 amide bonds. The average Bonchev–Trinajstić information content (AvgIpc) is 3.11. The van der Waals surface area contributed by atoms with Gasteiger partial charge in [0, 0.05) is 23.5 Å². The fourth-order valence-electron chi connectivity index (χ4n) is 2.29. The largest absolute Gasteiger partial charge is 0.315 e. The van der Waals surface area contributed by atoms with Crippen molar-refractivity contribution in [1.82, 2.24) is 9.62 Å². The molecule has 1 saturated carbocycles. The molecule has 0 saturated heterocycles. The number of hydrogen-bond donors (Lipinski definition) is 1. The minimum Gasteiger partial charge on any atom is -0.315 e. The molecule has 4 nitrogen and oxygen atoms in total. The average molecular weight is 331 g/mol. The molecule has 0 aromatic carbocycles. The van der Waals surface area contributed by atoms with Crippen LogP contribution in [0, 0.1) is 0 Å². The van der Waals surface area contributed by atoms with E-state index in [-0.39, 0.29) is 11.8 Å². The summed E-state index contributed by atoms with van der Waals surface area (Å²) in [5.74, 6) is 0.272. The smallest absolute Gasteiger partial charge is 0.214 e. The van der Waals surface area contributed by atoms with E-state index in [1.165, 1.54) is 0 Å². The molecule has 1 aliphatic rings. The third-order valence-corrected chi connectivity index (χ3v) is 6.39. The van der Waals surface area contributed by atoms with Gasteiger partial charge in [-0.15, -0.1) is 11.3 Å². The summed E-state index contributed by atoms with van der Waals surface area (Å²) >= 11 is 1.63. The first-order valence-corrected chi connectivity index (χ1v) is 10.2. The second-order valence-corrected chi connectivity index (χ2v) is 9.06. The van der Waals surface area contributed by atoms with Gasteiger partial charge < -0.3 is 5.32 Å². The van der Waals surface area contributed by atoms with E-state index in [9.17, 15) is 8.42 Å². The molecule has 21 heavy (non-hydrogen) atoms. The van der Waals surface area contributed by atoms with Gasteiger partial charge in [0.1, 0.15) is 0 Å². The first kappa shape index (κ1) is 16.9. The van der Waals surface area contributed by atoms with E-state index < -0.39 is 10.0 Å². The van der Waals surface area contributed by atoms with E-state index in [0.717, 1.165) is 37.1 Å². The lowest BCUT2D eigenvalue weighted by molar-refractivity contribution is 0.400. The SMILES string of the molecule is CC(C)NCCCCS(=O)(=O)N(Cc1cccs1)C1CC1. The molecule has 0 radical (unpaired) electrons. The fraction of sp³-hybridized carbons (Fsp3) is 0.733. The van der Waals surface area contributed by atoms with Gasteiger partial charge in [0.2, 0.25) is 10.0 Å². The molecule has 6 heteroatoms. The van der Waals surface area contributed by atoms with Gasteiger partial charge in [-0.3, -0.25) is 0 Å². The van der Waals surface area contributed by atoms with E-state index in [1.54, 1.807) is 15.6 Å². The van der Waals surface area contributed by atoms with Crippen LogP contribution < -0.4 is 5.32 Å². The molecule has 1 fully saturated rings. The van der Waals surface area contributed by atoms with Gasteiger partial charge in [-0.1, -0.05) is 19.9 Å². The van der Waals surface area contributed by atoms with Gasteiger partial charge in [-0.2, -0.15) is 4.31 Å². The highest BCUT2D eigenvalue weighted by Gasteiger charge is 2.36. The van der Waals surface area contributed by atoms with Crippen molar-refractivity contribution in [3.63, 3.8) is 0 Å². The molecule has 0 unspecified atom stereocenters. The molecule has 120 valence electrons. The van der Waals surface area contributed by atoms with Crippen LogP contribution in [0.3, 0.4) is 0 Å². The van der Waals surface area contributed by atoms with Crippen molar-refractivity contribution in [3.05, 3.63) is 22.4 Å². The van der Waals surface area contributed by atoms with Gasteiger partial charge >= 0.3 is 0 Å². The Morgan fingerprint density at radius 1 is 1.38 bits per heavy atom. The molecule has 0 bridgehead atoms. The van der Waals surface area contributed by atoms with Crippen molar-refractivity contribution in [2.45, 2.75) is 58.2 Å². The zero-order chi connectivity index (χ0) is 15.3. The normalized spacial score (nSPS) is 16.0. The van der Waals surface area contributed by atoms with Crippen LogP contribution in [0.15, 0.2) is 17.5 Å². The van der Waals surface area contributed by atoms with Crippen LogP contribution >= 0.6 is 11.3 Å². The maximum absolute atomic E-state index is 12.5. The molecular formula is C15H26N2O2S2. The maximum Gasteiger partial charge on any atom is 0.214 e. The van der Waals surface area contributed by atoms with Crippen molar-refractivity contribution in [2.75, 3.05) is 12.3 Å². The van der Waals surface area contributed by atoms with E-state index in [1.807, 2.05) is 17.5 Å². The number of nitrogens with one attached hydrogen (secondary N) is 1. The summed E-state index contributed by atoms with van der Waals surface area (Å²) in [5.41, 5.74) is 0. The van der Waals surface area contributed by atoms with Gasteiger partial charge in [-0.05, 0) is 43.7 Å². The lowest BCUT2D eigenvalue weighted by atomic mass is 10.3. The lowest BCUT2D eigenvalue weighted by Gasteiger charge is -2.21. The molecule has 0 atom stereocenters. The Hall–Kier alpha value is -0.430. The van der Waals surface area contributed by atoms with Crippen LogP contribution in [0.2, 0.25) is 0 Å². The van der Waals surface area contributed by atoms with Gasteiger partial charge in [0.05, 0.1) is 5.75 Å². The Labute approximate surface area is 132 Å². The molecule has 1 aromatic rings. The number of unbranched alkanes of at least 4 members (excludes halogenated alkanes) is 1. The topological polar surface area (TPSA) is 49.4 Å². The highest BCUT2D eigenvalue weighted by atomic mass is 32.2. The van der Waals surface area contributed by atoms with Crippen LogP contribution in [0.4, 0.5) is 0 Å². The number of nitrogens with zero attached hydrogens (tertiary/aromatic N) is 1. The summed E-state index contributed by atoms with van der Waals surface area (Å²) in [7, 11) is -3.12. The Bertz CT molecular complexity index is 508. The second kappa shape index (κ2) is 7.72. The van der Waals surface area contributed by atoms with Crippen LogP contribution in [0.5, 0.6) is 0 Å². The zero-order valence-electron chi connectivity index (χ0n) is 12.9. The summed E-state index contributed by atoms with van der Waals surface area (Å²) < 4.78 is 26.8. The number of sulfonamides is 1. The molecule has 1 aromatic heterocycles. The van der Waals surface area contributed by atoms with Gasteiger partial charge in [0.15, 0.2) is 0 Å². The van der Waals surface area contributed by atoms with Crippen LogP contribution in [-0.2, 0) is 16.6 Å². The lowest BCUT2D eigenvalue weighted by Crippen LogP contribution is -2.34. The van der Waals surface area contributed by atoms with Gasteiger partial charge in [-0.25, -0.2) is 8.42 Å². The number of rotatable bonds is 10. The predicted molar refractivity (Wildman–Crippen MR) is 89.0 cm³/mol. The van der Waals surface area contributed by atoms with E-state index >= 15 is 0 Å². The van der Waals surface area contributed by atoms with Crippen molar-refractivity contribution in [2.24, 2.45) is 0 Å². The zero-order valence-corrected chi connectivity index (χ0v) is 14.5. The monoisotopic (exact) mass is 330 g/mol. The summed E-state index contributed by atoms with van der Waals surface area (Å²) in [4.78, 5) is 1.13. The number of hydrogen-bond acceptors (Lipinski definition) is 4. The molecule has 0 spiro atoms. The summed E-state index contributed by atoms with van der Waals surface area (Å²) in [5, 5.41) is 5.33. The summed E-state index contributed by atoms with van der Waals surface area (Å²) in [6.07, 6.45) is 3.67. The highest BCUT2D eigenvalue weighted by molar-refractivity contribution is 7.89. The van der Waals surface area contributed by atoms with Crippen molar-refractivity contribution in [3.8, 4) is 0 Å². The molecule has 1 N–H and O–H groups in total. The Morgan fingerprint density at radius 3 is 2.71 bits per heavy atom. The molecule has 1 aliphatic carbocycles. The van der Waals surface area contributed by atoms with Crippen LogP contribution in [0.25, 0.3) is 0 Å². The van der Waals surface area contributed by atoms with Crippen molar-refractivity contribution in [1.29, 1.82) is 0 Å². The summed E-state index contributed by atoms with van der Waals surface area (Å²) in [6.45, 7) is 5.65. The quantitative estimate of drug-likeness (QED) is 0.671. The minimum absolute atomic E-state index is 0.242. The first-order valence-electron chi connectivity index (χ1n) is 7.74. The highest BCUT2D eigenvalue weighted by Crippen LogP contribution is 2.32. The molecule has 0 aliphatic heterocycles. The number of thiophene rings is 1. The third-order valence-electron chi connectivity index (χ3n) is 3.58. The minimum atomic E-state index is -3.12. The maximum atomic E-state index is 12.5. The van der Waals surface area contributed by atoms with Crippen LogP contribution in [0.1, 0.15) is 44.4 Å². The van der Waals surface area contributed by atoms with Crippen molar-refractivity contribution < 1.29 is 8.42 Å². The van der Waals surface area contributed by atoms with E-state index in [0.29, 0.717) is 12.6 Å². The third kappa shape index (κ3) is 5.70. The molecular weight excluding hydrogens is 304 g/mol. The summed E-state index contributed by atoms with van der Waals surface area (Å²) in [6, 6.07) is 4.70. The Kier molecular flexibility index (Phi) is 6.22. The van der Waals surface area contributed by atoms with Gasteiger partial charge in [0.25, 0.3) is 0 Å². The first-order chi connectivity index (χ1) is 9.99. The standard InChI is InChI=1S/C15H26N2O2S2/c1-13(2)16-9-3-4-11-21(18,19)17(14-7-8-14)12-15-6-5-10-20-15/h5-6,10,13-14,16H,3-4,7-9,11-12H2,1-2H3. The Balaban J connectivity index is 1.83. The Morgan fingerprint density at radius 2 is 2.14 bits per heavy atom. The van der Waals surface area contributed by atoms with E-state index in [2.05, 4.69) is 19.2 Å².